The molecule has 0 aliphatic heterocycles. The molecular weight excluding hydrogens is 274 g/mol. The van der Waals surface area contributed by atoms with E-state index >= 15 is 0 Å². The van der Waals surface area contributed by atoms with Gasteiger partial charge in [0.1, 0.15) is 17.3 Å². The van der Waals surface area contributed by atoms with Gasteiger partial charge in [-0.05, 0) is 27.7 Å². The van der Waals surface area contributed by atoms with Gasteiger partial charge < -0.3 is 11.5 Å². The Hall–Kier alpha value is -2.56. The van der Waals surface area contributed by atoms with E-state index in [0.717, 1.165) is 11.3 Å². The normalized spacial score (nSPS) is 12.5. The van der Waals surface area contributed by atoms with Crippen molar-refractivity contribution < 1.29 is 0 Å². The Labute approximate surface area is 131 Å². The Morgan fingerprint density at radius 2 is 1.86 bits per heavy atom. The fourth-order valence-corrected chi connectivity index (χ4v) is 2.27. The minimum Gasteiger partial charge on any atom is -0.383 e. The molecule has 116 valence electrons. The van der Waals surface area contributed by atoms with E-state index in [1.807, 2.05) is 52.0 Å². The van der Waals surface area contributed by atoms with Crippen LogP contribution in [-0.4, -0.2) is 15.6 Å². The van der Waals surface area contributed by atoms with Crippen LogP contribution in [0.5, 0.6) is 0 Å². The number of rotatable bonds is 3. The van der Waals surface area contributed by atoms with Crippen molar-refractivity contribution >= 4 is 11.7 Å². The predicted molar refractivity (Wildman–Crippen MR) is 92.7 cm³/mol. The summed E-state index contributed by atoms with van der Waals surface area (Å²) in [5.74, 6) is 0.824. The molecule has 5 heteroatoms. The molecule has 1 aromatic heterocycles. The molecule has 0 atom stereocenters. The summed E-state index contributed by atoms with van der Waals surface area (Å²) in [7, 11) is 0. The van der Waals surface area contributed by atoms with Gasteiger partial charge in [-0.15, -0.1) is 0 Å². The fraction of sp³-hybridized carbons (Fsp3) is 0.294. The lowest BCUT2D eigenvalue weighted by Crippen LogP contribution is -2.25. The van der Waals surface area contributed by atoms with Gasteiger partial charge in [0, 0.05) is 11.8 Å². The first-order valence-corrected chi connectivity index (χ1v) is 7.16. The lowest BCUT2D eigenvalue weighted by atomic mass is 10.0. The van der Waals surface area contributed by atoms with E-state index in [-0.39, 0.29) is 5.54 Å². The number of nitrogen functional groups attached to an aromatic ring is 1. The smallest absolute Gasteiger partial charge is 0.136 e. The highest BCUT2D eigenvalue weighted by Gasteiger charge is 2.25. The predicted octanol–water partition coefficient (Wildman–Crippen LogP) is 3.04. The van der Waals surface area contributed by atoms with Gasteiger partial charge in [-0.1, -0.05) is 36.4 Å². The van der Waals surface area contributed by atoms with Gasteiger partial charge in [0.25, 0.3) is 0 Å². The molecule has 22 heavy (non-hydrogen) atoms. The van der Waals surface area contributed by atoms with Crippen LogP contribution in [0.15, 0.2) is 42.0 Å². The number of aliphatic imine (C=N–C) groups is 1. The number of hydrogen-bond donors (Lipinski definition) is 2. The van der Waals surface area contributed by atoms with Crippen LogP contribution in [0.4, 0.5) is 5.82 Å². The number of aromatic nitrogens is 2. The van der Waals surface area contributed by atoms with E-state index in [4.69, 9.17) is 11.5 Å². The summed E-state index contributed by atoms with van der Waals surface area (Å²) in [5, 5.41) is 4.68. The first-order valence-electron chi connectivity index (χ1n) is 7.16. The zero-order valence-electron chi connectivity index (χ0n) is 13.6. The molecule has 1 heterocycles. The second-order valence-corrected chi connectivity index (χ2v) is 6.25. The first kappa shape index (κ1) is 15.8. The lowest BCUT2D eigenvalue weighted by Gasteiger charge is -2.20. The third kappa shape index (κ3) is 2.88. The second-order valence-electron chi connectivity index (χ2n) is 6.25. The Bertz CT molecular complexity index is 715. The number of amidine groups is 1. The summed E-state index contributed by atoms with van der Waals surface area (Å²) >= 11 is 0. The van der Waals surface area contributed by atoms with Crippen molar-refractivity contribution in [3.05, 3.63) is 48.2 Å². The van der Waals surface area contributed by atoms with E-state index in [2.05, 4.69) is 16.7 Å². The molecule has 0 bridgehead atoms. The van der Waals surface area contributed by atoms with Gasteiger partial charge >= 0.3 is 0 Å². The van der Waals surface area contributed by atoms with Gasteiger partial charge in [0.2, 0.25) is 0 Å². The molecule has 0 spiro atoms. The van der Waals surface area contributed by atoms with E-state index < -0.39 is 0 Å². The van der Waals surface area contributed by atoms with Crippen molar-refractivity contribution in [2.75, 3.05) is 5.73 Å². The number of aryl methyl sites for hydroxylation is 1. The van der Waals surface area contributed by atoms with E-state index in [9.17, 15) is 0 Å². The molecule has 2 rings (SSSR count). The zero-order chi connectivity index (χ0) is 16.5. The van der Waals surface area contributed by atoms with Crippen LogP contribution >= 0.6 is 0 Å². The summed E-state index contributed by atoms with van der Waals surface area (Å²) in [6, 6.07) is 8.09. The molecule has 0 saturated heterocycles. The van der Waals surface area contributed by atoms with E-state index in [1.54, 1.807) is 4.68 Å². The van der Waals surface area contributed by atoms with E-state index in [1.165, 1.54) is 11.8 Å². The molecule has 0 amide bonds. The summed E-state index contributed by atoms with van der Waals surface area (Å²) in [6.07, 6.45) is 1.40. The molecule has 1 aromatic carbocycles. The number of anilines is 1. The summed E-state index contributed by atoms with van der Waals surface area (Å²) in [5.41, 5.74) is 15.6. The lowest BCUT2D eigenvalue weighted by molar-refractivity contribution is 0.362. The van der Waals surface area contributed by atoms with Gasteiger partial charge in [0.05, 0.1) is 11.1 Å². The van der Waals surface area contributed by atoms with E-state index in [0.29, 0.717) is 17.2 Å². The van der Waals surface area contributed by atoms with Crippen LogP contribution in [0.2, 0.25) is 0 Å². The average Bonchev–Trinajstić information content (AvgIpc) is 2.77. The second kappa shape index (κ2) is 5.67. The molecule has 0 aliphatic rings. The third-order valence-corrected chi connectivity index (χ3v) is 3.37. The molecule has 0 unspecified atom stereocenters. The van der Waals surface area contributed by atoms with Crippen LogP contribution in [0, 0.1) is 6.92 Å². The molecule has 5 nitrogen and oxygen atoms in total. The van der Waals surface area contributed by atoms with Gasteiger partial charge in [-0.3, -0.25) is 0 Å². The minimum absolute atomic E-state index is 0.254. The third-order valence-electron chi connectivity index (χ3n) is 3.37. The van der Waals surface area contributed by atoms with Gasteiger partial charge in [-0.25, -0.2) is 9.67 Å². The largest absolute Gasteiger partial charge is 0.383 e. The summed E-state index contributed by atoms with van der Waals surface area (Å²) in [6.45, 7) is 11.8. The van der Waals surface area contributed by atoms with Crippen LogP contribution in [0.3, 0.4) is 0 Å². The van der Waals surface area contributed by atoms with Gasteiger partial charge in [-0.2, -0.15) is 5.10 Å². The van der Waals surface area contributed by atoms with Crippen molar-refractivity contribution in [2.45, 2.75) is 33.2 Å². The Morgan fingerprint density at radius 1 is 1.27 bits per heavy atom. The molecule has 0 radical (unpaired) electrons. The molecule has 0 fully saturated rings. The monoisotopic (exact) mass is 297 g/mol. The average molecular weight is 297 g/mol. The van der Waals surface area contributed by atoms with Gasteiger partial charge in [0.15, 0.2) is 0 Å². The SMILES string of the molecule is C=C/N=C(/N)c1c(-c2ccc(C)cc2)nn(C(C)(C)C)c1N. The van der Waals surface area contributed by atoms with Crippen molar-refractivity contribution in [3.8, 4) is 11.3 Å². The Balaban J connectivity index is 2.74. The van der Waals surface area contributed by atoms with Crippen LogP contribution < -0.4 is 11.5 Å². The van der Waals surface area contributed by atoms with Crippen molar-refractivity contribution in [3.63, 3.8) is 0 Å². The number of nitrogens with zero attached hydrogens (tertiary/aromatic N) is 3. The maximum atomic E-state index is 6.29. The van der Waals surface area contributed by atoms with Crippen molar-refractivity contribution in [1.29, 1.82) is 0 Å². The van der Waals surface area contributed by atoms with Crippen molar-refractivity contribution in [1.82, 2.24) is 9.78 Å². The summed E-state index contributed by atoms with van der Waals surface area (Å²) in [4.78, 5) is 4.08. The van der Waals surface area contributed by atoms with Crippen LogP contribution in [0.25, 0.3) is 11.3 Å². The minimum atomic E-state index is -0.254. The number of hydrogen-bond acceptors (Lipinski definition) is 3. The quantitative estimate of drug-likeness (QED) is 0.674. The topological polar surface area (TPSA) is 82.2 Å². The first-order chi connectivity index (χ1) is 10.3. The maximum Gasteiger partial charge on any atom is 0.136 e. The molecular formula is C17H23N5. The number of nitrogens with two attached hydrogens (primary N) is 2. The zero-order valence-corrected chi connectivity index (χ0v) is 13.6. The number of benzene rings is 1. The molecule has 0 saturated carbocycles. The molecule has 2 aromatic rings. The van der Waals surface area contributed by atoms with Crippen LogP contribution in [-0.2, 0) is 5.54 Å². The Kier molecular flexibility index (Phi) is 4.08. The highest BCUT2D eigenvalue weighted by atomic mass is 15.4. The summed E-state index contributed by atoms with van der Waals surface area (Å²) < 4.78 is 1.78. The van der Waals surface area contributed by atoms with Crippen molar-refractivity contribution in [2.24, 2.45) is 10.7 Å². The maximum absolute atomic E-state index is 6.29. The fourth-order valence-electron chi connectivity index (χ4n) is 2.27. The standard InChI is InChI=1S/C17H23N5/c1-6-20-15(18)13-14(12-9-7-11(2)8-10-12)21-22(16(13)19)17(3,4)5/h6-10H,1,19H2,2-5H3,(H2,18,20). The molecule has 4 N–H and O–H groups in total. The molecule has 0 aliphatic carbocycles. The highest BCUT2D eigenvalue weighted by Crippen LogP contribution is 2.31. The van der Waals surface area contributed by atoms with Crippen LogP contribution in [0.1, 0.15) is 31.9 Å². The highest BCUT2D eigenvalue weighted by molar-refractivity contribution is 6.07. The Morgan fingerprint density at radius 3 is 2.36 bits per heavy atom.